The number of aliphatic hydroxyl groups excluding tert-OH is 1. The summed E-state index contributed by atoms with van der Waals surface area (Å²) < 4.78 is 14.2. The van der Waals surface area contributed by atoms with Crippen LogP contribution < -0.4 is 0 Å². The Kier molecular flexibility index (Phi) is 3.61. The fraction of sp³-hybridized carbons (Fsp3) is 0.167. The van der Waals surface area contributed by atoms with Crippen molar-refractivity contribution < 1.29 is 9.50 Å². The maximum Gasteiger partial charge on any atom is 0.126 e. The lowest BCUT2D eigenvalue weighted by atomic mass is 10.0. The van der Waals surface area contributed by atoms with Crippen molar-refractivity contribution in [3.05, 3.63) is 55.0 Å². The largest absolute Gasteiger partial charge is 0.384 e. The van der Waals surface area contributed by atoms with Gasteiger partial charge in [-0.1, -0.05) is 12.1 Å². The predicted octanol–water partition coefficient (Wildman–Crippen LogP) is 3.88. The summed E-state index contributed by atoms with van der Waals surface area (Å²) in [5.41, 5.74) is 2.15. The van der Waals surface area contributed by atoms with Crippen LogP contribution in [0.15, 0.2) is 29.6 Å². The van der Waals surface area contributed by atoms with E-state index in [4.69, 9.17) is 0 Å². The Balaban J connectivity index is 2.33. The van der Waals surface area contributed by atoms with Gasteiger partial charge in [0.2, 0.25) is 0 Å². The molecule has 0 aliphatic heterocycles. The first-order valence-electron chi connectivity index (χ1n) is 4.76. The van der Waals surface area contributed by atoms with Gasteiger partial charge in [0.15, 0.2) is 0 Å². The van der Waals surface area contributed by atoms with E-state index in [-0.39, 0.29) is 5.82 Å². The molecule has 0 saturated heterocycles. The van der Waals surface area contributed by atoms with Crippen LogP contribution in [0.1, 0.15) is 22.8 Å². The number of hydrogen-bond donors (Lipinski definition) is 1. The zero-order chi connectivity index (χ0) is 11.7. The third-order valence-electron chi connectivity index (χ3n) is 2.40. The number of benzene rings is 1. The smallest absolute Gasteiger partial charge is 0.126 e. The first-order valence-corrected chi connectivity index (χ1v) is 6.72. The lowest BCUT2D eigenvalue weighted by Crippen LogP contribution is -1.99. The Morgan fingerprint density at radius 3 is 2.62 bits per heavy atom. The molecule has 2 aromatic rings. The molecule has 1 N–H and O–H groups in total. The van der Waals surface area contributed by atoms with Crippen molar-refractivity contribution in [2.45, 2.75) is 13.0 Å². The fourth-order valence-corrected chi connectivity index (χ4v) is 2.89. The molecule has 0 radical (unpaired) electrons. The minimum atomic E-state index is -0.668. The molecule has 0 aliphatic carbocycles. The third-order valence-corrected chi connectivity index (χ3v) is 4.21. The summed E-state index contributed by atoms with van der Waals surface area (Å²) in [6.45, 7) is 1.70. The molecule has 16 heavy (non-hydrogen) atoms. The van der Waals surface area contributed by atoms with Crippen molar-refractivity contribution in [3.63, 3.8) is 0 Å². The van der Waals surface area contributed by atoms with E-state index >= 15 is 0 Å². The number of aliphatic hydroxyl groups is 1. The van der Waals surface area contributed by atoms with Crippen LogP contribution in [0.4, 0.5) is 4.39 Å². The van der Waals surface area contributed by atoms with Crippen LogP contribution in [0.3, 0.4) is 0 Å². The van der Waals surface area contributed by atoms with Crippen molar-refractivity contribution in [3.8, 4) is 0 Å². The Morgan fingerprint density at radius 1 is 1.31 bits per heavy atom. The molecular weight excluding hydrogens is 338 g/mol. The van der Waals surface area contributed by atoms with E-state index in [2.05, 4.69) is 22.6 Å². The Morgan fingerprint density at radius 2 is 2.06 bits per heavy atom. The summed E-state index contributed by atoms with van der Waals surface area (Å²) in [4.78, 5) is 0. The van der Waals surface area contributed by atoms with Gasteiger partial charge in [-0.2, -0.15) is 0 Å². The average molecular weight is 348 g/mol. The number of aryl methyl sites for hydroxylation is 1. The average Bonchev–Trinajstić information content (AvgIpc) is 2.68. The van der Waals surface area contributed by atoms with Crippen LogP contribution in [-0.2, 0) is 0 Å². The molecule has 1 atom stereocenters. The van der Waals surface area contributed by atoms with Crippen LogP contribution in [0.5, 0.6) is 0 Å². The highest BCUT2D eigenvalue weighted by Crippen LogP contribution is 2.28. The van der Waals surface area contributed by atoms with Gasteiger partial charge in [-0.05, 0) is 63.7 Å². The van der Waals surface area contributed by atoms with Crippen molar-refractivity contribution in [1.29, 1.82) is 0 Å². The molecule has 1 unspecified atom stereocenters. The van der Waals surface area contributed by atoms with E-state index < -0.39 is 6.10 Å². The highest BCUT2D eigenvalue weighted by Gasteiger charge is 2.13. The second-order valence-corrected chi connectivity index (χ2v) is 6.40. The monoisotopic (exact) mass is 348 g/mol. The van der Waals surface area contributed by atoms with E-state index in [1.807, 2.05) is 11.4 Å². The SMILES string of the molecule is Cc1cc(C(O)c2csc(I)c2)ccc1F. The first-order chi connectivity index (χ1) is 7.58. The summed E-state index contributed by atoms with van der Waals surface area (Å²) >= 11 is 3.80. The molecule has 84 valence electrons. The molecule has 0 bridgehead atoms. The summed E-state index contributed by atoms with van der Waals surface area (Å²) in [7, 11) is 0. The van der Waals surface area contributed by atoms with Crippen molar-refractivity contribution in [2.75, 3.05) is 0 Å². The van der Waals surface area contributed by atoms with E-state index in [0.717, 1.165) is 14.0 Å². The zero-order valence-electron chi connectivity index (χ0n) is 8.58. The first kappa shape index (κ1) is 12.0. The van der Waals surface area contributed by atoms with E-state index in [0.29, 0.717) is 5.56 Å². The van der Waals surface area contributed by atoms with Gasteiger partial charge in [0.25, 0.3) is 0 Å². The number of rotatable bonds is 2. The number of halogens is 2. The molecular formula is C12H10FIOS. The molecule has 4 heteroatoms. The molecule has 1 heterocycles. The summed E-state index contributed by atoms with van der Waals surface area (Å²) in [6.07, 6.45) is -0.668. The maximum atomic E-state index is 13.1. The van der Waals surface area contributed by atoms with Crippen molar-refractivity contribution >= 4 is 33.9 Å². The fourth-order valence-electron chi connectivity index (χ4n) is 1.50. The molecule has 1 aromatic carbocycles. The summed E-state index contributed by atoms with van der Waals surface area (Å²) in [5, 5.41) is 12.0. The highest BCUT2D eigenvalue weighted by atomic mass is 127. The van der Waals surface area contributed by atoms with Gasteiger partial charge in [-0.3, -0.25) is 0 Å². The second kappa shape index (κ2) is 4.81. The van der Waals surface area contributed by atoms with Gasteiger partial charge < -0.3 is 5.11 Å². The zero-order valence-corrected chi connectivity index (χ0v) is 11.5. The highest BCUT2D eigenvalue weighted by molar-refractivity contribution is 14.1. The molecule has 0 fully saturated rings. The van der Waals surface area contributed by atoms with Gasteiger partial charge >= 0.3 is 0 Å². The third kappa shape index (κ3) is 2.44. The normalized spacial score (nSPS) is 12.8. The van der Waals surface area contributed by atoms with E-state index in [1.165, 1.54) is 6.07 Å². The van der Waals surface area contributed by atoms with Crippen molar-refractivity contribution in [1.82, 2.24) is 0 Å². The van der Waals surface area contributed by atoms with Gasteiger partial charge in [-0.25, -0.2) is 4.39 Å². The van der Waals surface area contributed by atoms with Crippen molar-refractivity contribution in [2.24, 2.45) is 0 Å². The molecule has 0 spiro atoms. The lowest BCUT2D eigenvalue weighted by molar-refractivity contribution is 0.220. The molecule has 1 aromatic heterocycles. The minimum Gasteiger partial charge on any atom is -0.384 e. The predicted molar refractivity (Wildman–Crippen MR) is 72.2 cm³/mol. The summed E-state index contributed by atoms with van der Waals surface area (Å²) in [5.74, 6) is -0.240. The second-order valence-electron chi connectivity index (χ2n) is 3.60. The quantitative estimate of drug-likeness (QED) is 0.817. The lowest BCUT2D eigenvalue weighted by Gasteiger charge is -2.10. The Bertz CT molecular complexity index is 509. The summed E-state index contributed by atoms with van der Waals surface area (Å²) in [6, 6.07) is 6.64. The van der Waals surface area contributed by atoms with Gasteiger partial charge in [0.1, 0.15) is 11.9 Å². The Hall–Kier alpha value is -0.460. The molecule has 2 rings (SSSR count). The minimum absolute atomic E-state index is 0.240. The Labute approximate surface area is 111 Å². The topological polar surface area (TPSA) is 20.2 Å². The van der Waals surface area contributed by atoms with Gasteiger partial charge in [0.05, 0.1) is 2.88 Å². The van der Waals surface area contributed by atoms with Crippen LogP contribution in [0.25, 0.3) is 0 Å². The van der Waals surface area contributed by atoms with Crippen LogP contribution in [-0.4, -0.2) is 5.11 Å². The molecule has 0 amide bonds. The molecule has 0 aliphatic rings. The van der Waals surface area contributed by atoms with E-state index in [9.17, 15) is 9.50 Å². The van der Waals surface area contributed by atoms with Gasteiger partial charge in [0, 0.05) is 0 Å². The van der Waals surface area contributed by atoms with E-state index in [1.54, 1.807) is 30.4 Å². The molecule has 1 nitrogen and oxygen atoms in total. The maximum absolute atomic E-state index is 13.1. The van der Waals surface area contributed by atoms with Crippen LogP contribution in [0.2, 0.25) is 0 Å². The molecule has 0 saturated carbocycles. The van der Waals surface area contributed by atoms with Crippen LogP contribution in [0, 0.1) is 15.6 Å². The van der Waals surface area contributed by atoms with Gasteiger partial charge in [-0.15, -0.1) is 11.3 Å². The standard InChI is InChI=1S/C12H10FIOS/c1-7-4-8(2-3-10(7)13)12(15)9-5-11(14)16-6-9/h2-6,12,15H,1H3. The number of hydrogen-bond acceptors (Lipinski definition) is 2. The van der Waals surface area contributed by atoms with Crippen LogP contribution >= 0.6 is 33.9 Å². The number of thiophene rings is 1.